The number of allylic oxidation sites excluding steroid dienone is 4. The molecule has 0 aromatic carbocycles. The second kappa shape index (κ2) is 16.9. The summed E-state index contributed by atoms with van der Waals surface area (Å²) < 4.78 is 119. The summed E-state index contributed by atoms with van der Waals surface area (Å²) in [5.74, 6) is -0.211. The van der Waals surface area contributed by atoms with Crippen molar-refractivity contribution in [1.29, 1.82) is 0 Å². The van der Waals surface area contributed by atoms with Crippen LogP contribution >= 0.6 is 0 Å². The molecule has 3 atom stereocenters. The zero-order valence-electron chi connectivity index (χ0n) is 26.6. The molecule has 8 nitrogen and oxygen atoms in total. The van der Waals surface area contributed by atoms with Crippen LogP contribution in [0.15, 0.2) is 63.3 Å². The molecule has 0 radical (unpaired) electrons. The van der Waals surface area contributed by atoms with Gasteiger partial charge in [-0.3, -0.25) is 14.9 Å². The van der Waals surface area contributed by atoms with Crippen LogP contribution in [0.1, 0.15) is 57.8 Å². The highest BCUT2D eigenvalue weighted by molar-refractivity contribution is 5.98. The Labute approximate surface area is 273 Å². The van der Waals surface area contributed by atoms with Gasteiger partial charge in [0.2, 0.25) is 0 Å². The van der Waals surface area contributed by atoms with Crippen molar-refractivity contribution in [3.63, 3.8) is 0 Å². The predicted octanol–water partition coefficient (Wildman–Crippen LogP) is 6.18. The molecule has 0 bridgehead atoms. The fourth-order valence-corrected chi connectivity index (χ4v) is 5.64. The highest BCUT2D eigenvalue weighted by atomic mass is 19.4. The normalized spacial score (nSPS) is 26.8. The molecule has 0 aromatic heterocycles. The Morgan fingerprint density at radius 3 is 2.42 bits per heavy atom. The lowest BCUT2D eigenvalue weighted by atomic mass is 9.88. The van der Waals surface area contributed by atoms with Crippen LogP contribution in [-0.4, -0.2) is 102 Å². The van der Waals surface area contributed by atoms with Crippen LogP contribution in [0.2, 0.25) is 0 Å². The van der Waals surface area contributed by atoms with Crippen LogP contribution < -0.4 is 11.1 Å². The van der Waals surface area contributed by atoms with Gasteiger partial charge in [0.05, 0.1) is 37.6 Å². The first-order valence-corrected chi connectivity index (χ1v) is 15.6. The number of halogens is 9. The van der Waals surface area contributed by atoms with Gasteiger partial charge in [-0.25, -0.2) is 0 Å². The summed E-state index contributed by atoms with van der Waals surface area (Å²) >= 11 is 0. The molecule has 0 spiro atoms. The van der Waals surface area contributed by atoms with E-state index in [0.717, 1.165) is 11.0 Å². The van der Waals surface area contributed by atoms with E-state index >= 15 is 0 Å². The minimum absolute atomic E-state index is 0.0199. The third kappa shape index (κ3) is 14.4. The highest BCUT2D eigenvalue weighted by Gasteiger charge is 2.42. The van der Waals surface area contributed by atoms with Gasteiger partial charge in [-0.05, 0) is 63.8 Å². The summed E-state index contributed by atoms with van der Waals surface area (Å²) in [4.78, 5) is 15.9. The second-order valence-corrected chi connectivity index (χ2v) is 12.2. The van der Waals surface area contributed by atoms with Gasteiger partial charge >= 0.3 is 18.5 Å². The fourth-order valence-electron chi connectivity index (χ4n) is 5.64. The zero-order valence-corrected chi connectivity index (χ0v) is 26.6. The van der Waals surface area contributed by atoms with Gasteiger partial charge in [0.15, 0.2) is 5.96 Å². The number of aliphatic hydroxyl groups is 1. The maximum Gasteiger partial charge on any atom is 0.412 e. The van der Waals surface area contributed by atoms with Crippen LogP contribution in [0.3, 0.4) is 0 Å². The molecule has 1 saturated heterocycles. The molecule has 3 unspecified atom stereocenters. The number of rotatable bonds is 7. The first-order valence-electron chi connectivity index (χ1n) is 15.6. The van der Waals surface area contributed by atoms with E-state index in [2.05, 4.69) is 20.3 Å². The Bertz CT molecular complexity index is 1280. The van der Waals surface area contributed by atoms with E-state index in [1.807, 2.05) is 4.90 Å². The SMILES string of the molecule is CN1C=CC(NC(N)=NC(CN2CCCCC(O)(CC(F)(F)F)CCC2)=NCC2=NC(CC(F)(F)F)C=CC/C=C\C2)=CC1C(F)(F)F. The van der Waals surface area contributed by atoms with E-state index in [4.69, 9.17) is 5.73 Å². The summed E-state index contributed by atoms with van der Waals surface area (Å²) in [5, 5.41) is 13.3. The minimum Gasteiger partial charge on any atom is -0.390 e. The number of nitrogens with one attached hydrogen (secondary N) is 1. The van der Waals surface area contributed by atoms with Gasteiger partial charge in [-0.2, -0.15) is 44.5 Å². The lowest BCUT2D eigenvalue weighted by Crippen LogP contribution is -2.43. The van der Waals surface area contributed by atoms with Crippen molar-refractivity contribution in [2.45, 2.75) is 94.0 Å². The molecular formula is C31H42F9N7O. The van der Waals surface area contributed by atoms with Crippen molar-refractivity contribution in [3.05, 3.63) is 48.4 Å². The molecule has 0 saturated carbocycles. The Hall–Kier alpha value is -3.34. The average Bonchev–Trinajstić information content (AvgIpc) is 3.09. The number of hydrogen-bond donors (Lipinski definition) is 3. The summed E-state index contributed by atoms with van der Waals surface area (Å²) in [7, 11) is 1.27. The van der Waals surface area contributed by atoms with Crippen LogP contribution in [-0.2, 0) is 0 Å². The lowest BCUT2D eigenvalue weighted by Gasteiger charge is -2.30. The molecule has 0 aromatic rings. The predicted molar refractivity (Wildman–Crippen MR) is 166 cm³/mol. The van der Waals surface area contributed by atoms with E-state index in [1.165, 1.54) is 25.4 Å². The lowest BCUT2D eigenvalue weighted by molar-refractivity contribution is -0.179. The minimum atomic E-state index is -4.56. The number of likely N-dealkylation sites (N-methyl/N-ethyl adjacent to an activating group) is 1. The molecule has 3 rings (SSSR count). The van der Waals surface area contributed by atoms with Gasteiger partial charge in [-0.15, -0.1) is 0 Å². The molecule has 0 aliphatic carbocycles. The Morgan fingerprint density at radius 1 is 1.02 bits per heavy atom. The maximum atomic E-state index is 13.5. The molecule has 48 heavy (non-hydrogen) atoms. The van der Waals surface area contributed by atoms with Gasteiger partial charge in [0, 0.05) is 31.1 Å². The molecule has 3 aliphatic rings. The summed E-state index contributed by atoms with van der Waals surface area (Å²) in [6, 6.07) is -3.08. The van der Waals surface area contributed by atoms with Crippen molar-refractivity contribution in [1.82, 2.24) is 15.1 Å². The van der Waals surface area contributed by atoms with Crippen molar-refractivity contribution in [2.24, 2.45) is 20.7 Å². The number of amidine groups is 1. The first kappa shape index (κ1) is 39.1. The highest BCUT2D eigenvalue weighted by Crippen LogP contribution is 2.35. The van der Waals surface area contributed by atoms with E-state index in [9.17, 15) is 44.6 Å². The number of alkyl halides is 9. The van der Waals surface area contributed by atoms with E-state index < -0.39 is 49.1 Å². The van der Waals surface area contributed by atoms with Crippen LogP contribution in [0, 0.1) is 0 Å². The topological polar surface area (TPSA) is 102 Å². The van der Waals surface area contributed by atoms with Gasteiger partial charge < -0.3 is 21.1 Å². The molecule has 4 N–H and O–H groups in total. The number of nitrogens with zero attached hydrogens (tertiary/aromatic N) is 5. The number of guanidine groups is 1. The Kier molecular flexibility index (Phi) is 13.7. The molecular weight excluding hydrogens is 657 g/mol. The van der Waals surface area contributed by atoms with Gasteiger partial charge in [0.25, 0.3) is 0 Å². The van der Waals surface area contributed by atoms with E-state index in [-0.39, 0.29) is 62.8 Å². The van der Waals surface area contributed by atoms with Crippen LogP contribution in [0.4, 0.5) is 39.5 Å². The molecule has 270 valence electrons. The largest absolute Gasteiger partial charge is 0.412 e. The fraction of sp³-hybridized carbons (Fsp3) is 0.645. The van der Waals surface area contributed by atoms with Crippen molar-refractivity contribution in [2.75, 3.05) is 33.2 Å². The van der Waals surface area contributed by atoms with Crippen LogP contribution in [0.5, 0.6) is 0 Å². The smallest absolute Gasteiger partial charge is 0.390 e. The number of aliphatic imine (C=N–C) groups is 3. The maximum absolute atomic E-state index is 13.5. The van der Waals surface area contributed by atoms with Crippen molar-refractivity contribution < 1.29 is 44.6 Å². The monoisotopic (exact) mass is 699 g/mol. The van der Waals surface area contributed by atoms with E-state index in [0.29, 0.717) is 31.5 Å². The molecule has 3 heterocycles. The van der Waals surface area contributed by atoms with Gasteiger partial charge in [-0.1, -0.05) is 24.3 Å². The summed E-state index contributed by atoms with van der Waals surface area (Å²) in [5.41, 5.74) is 4.57. The quantitative estimate of drug-likeness (QED) is 0.128. The molecule has 3 aliphatic heterocycles. The average molecular weight is 700 g/mol. The molecule has 1 fully saturated rings. The van der Waals surface area contributed by atoms with Crippen molar-refractivity contribution in [3.8, 4) is 0 Å². The van der Waals surface area contributed by atoms with Crippen molar-refractivity contribution >= 4 is 17.5 Å². The zero-order chi connectivity index (χ0) is 35.6. The summed E-state index contributed by atoms with van der Waals surface area (Å²) in [6.07, 6.45) is -4.42. The number of nitrogens with two attached hydrogens (primary N) is 1. The first-order chi connectivity index (χ1) is 22.3. The molecule has 17 heteroatoms. The third-order valence-electron chi connectivity index (χ3n) is 7.88. The van der Waals surface area contributed by atoms with E-state index in [1.54, 1.807) is 18.2 Å². The standard InChI is InChI=1S/C31H42F9N7O/c1-46-16-11-22(17-25(46)31(38,39)40)44-27(41)45-26(20-47-14-7-6-12-28(48,13-8-15-47)21-30(35,36)37)42-19-24-10-5-3-2-4-9-23(43-24)18-29(32,33)34/h3-5,9,11,16-17,23,25,48H,2,6-8,10,12-15,18-21H2,1H3,(H3,41,42,44,45)/b5-3-,9-4?,43-24?. The number of hydrogen-bond acceptors (Lipinski definition) is 5. The second-order valence-electron chi connectivity index (χ2n) is 12.2. The van der Waals surface area contributed by atoms with Gasteiger partial charge in [0.1, 0.15) is 11.9 Å². The molecule has 0 amide bonds. The van der Waals surface area contributed by atoms with Crippen LogP contribution in [0.25, 0.3) is 0 Å². The summed E-state index contributed by atoms with van der Waals surface area (Å²) in [6.45, 7) is 0.566. The Morgan fingerprint density at radius 2 is 1.73 bits per heavy atom. The Balaban J connectivity index is 1.87. The third-order valence-corrected chi connectivity index (χ3v) is 7.88.